The summed E-state index contributed by atoms with van der Waals surface area (Å²) >= 11 is 0. The Bertz CT molecular complexity index is 2010. The van der Waals surface area contributed by atoms with Crippen LogP contribution in [0.15, 0.2) is 82.2 Å². The van der Waals surface area contributed by atoms with Gasteiger partial charge in [0.15, 0.2) is 11.5 Å². The second-order valence-electron chi connectivity index (χ2n) is 11.0. The van der Waals surface area contributed by atoms with Crippen LogP contribution in [0.1, 0.15) is 34.6 Å². The number of rotatable bonds is 8. The molecular weight excluding hydrogens is 576 g/mol. The Balaban J connectivity index is 1.26. The maximum atomic E-state index is 13.9. The normalized spacial score (nSPS) is 15.2. The monoisotopic (exact) mass is 606 g/mol. The molecule has 0 radical (unpaired) electrons. The first kappa shape index (κ1) is 28.3. The lowest BCUT2D eigenvalue weighted by atomic mass is 9.84. The van der Waals surface area contributed by atoms with Gasteiger partial charge >= 0.3 is 5.97 Å². The van der Waals surface area contributed by atoms with Crippen LogP contribution in [0.4, 0.5) is 0 Å². The third-order valence-corrected chi connectivity index (χ3v) is 8.36. The lowest BCUT2D eigenvalue weighted by Gasteiger charge is -2.27. The van der Waals surface area contributed by atoms with Crippen molar-refractivity contribution in [2.75, 3.05) is 27.4 Å². The SMILES string of the molecule is COc1ccc(-c2coc3c4c(cc(O)c3c2=O)OC(=O)C[C@H]4c2ccccc2OCCc2ccc3c(c2)CCO3)cc1OC. The molecule has 3 heterocycles. The average molecular weight is 607 g/mol. The summed E-state index contributed by atoms with van der Waals surface area (Å²) < 4.78 is 34.3. The van der Waals surface area contributed by atoms with Crippen LogP contribution < -0.4 is 29.1 Å². The van der Waals surface area contributed by atoms with Crippen molar-refractivity contribution in [1.29, 1.82) is 0 Å². The van der Waals surface area contributed by atoms with E-state index in [-0.39, 0.29) is 34.5 Å². The van der Waals surface area contributed by atoms with Gasteiger partial charge in [-0.3, -0.25) is 9.59 Å². The van der Waals surface area contributed by atoms with E-state index < -0.39 is 17.3 Å². The van der Waals surface area contributed by atoms with Gasteiger partial charge in [-0.15, -0.1) is 0 Å². The molecule has 0 unspecified atom stereocenters. The van der Waals surface area contributed by atoms with Crippen molar-refractivity contribution in [2.45, 2.75) is 25.2 Å². The number of ether oxygens (including phenoxy) is 5. The maximum Gasteiger partial charge on any atom is 0.312 e. The van der Waals surface area contributed by atoms with Crippen LogP contribution in [0.2, 0.25) is 0 Å². The van der Waals surface area contributed by atoms with Gasteiger partial charge in [0.2, 0.25) is 5.43 Å². The van der Waals surface area contributed by atoms with Crippen LogP contribution in [0.3, 0.4) is 0 Å². The molecule has 1 atom stereocenters. The van der Waals surface area contributed by atoms with Crippen LogP contribution in [0.5, 0.6) is 34.5 Å². The molecule has 0 amide bonds. The van der Waals surface area contributed by atoms with Crippen molar-refractivity contribution in [2.24, 2.45) is 0 Å². The number of esters is 1. The highest BCUT2D eigenvalue weighted by Gasteiger charge is 2.35. The average Bonchev–Trinajstić information content (AvgIpc) is 3.52. The predicted molar refractivity (Wildman–Crippen MR) is 166 cm³/mol. The molecule has 0 saturated carbocycles. The predicted octanol–water partition coefficient (Wildman–Crippen LogP) is 6.18. The van der Waals surface area contributed by atoms with Crippen molar-refractivity contribution in [1.82, 2.24) is 0 Å². The van der Waals surface area contributed by atoms with Gasteiger partial charge in [-0.25, -0.2) is 0 Å². The molecule has 0 bridgehead atoms. The number of aromatic hydroxyl groups is 1. The number of phenols is 1. The van der Waals surface area contributed by atoms with Gasteiger partial charge in [0.1, 0.15) is 40.2 Å². The molecule has 1 N–H and O–H groups in total. The molecule has 4 aromatic carbocycles. The summed E-state index contributed by atoms with van der Waals surface area (Å²) in [5.74, 6) is 1.27. The zero-order valence-corrected chi connectivity index (χ0v) is 24.8. The topological polar surface area (TPSA) is 114 Å². The van der Waals surface area contributed by atoms with Crippen LogP contribution >= 0.6 is 0 Å². The van der Waals surface area contributed by atoms with E-state index in [4.69, 9.17) is 28.1 Å². The third-order valence-electron chi connectivity index (χ3n) is 8.36. The fourth-order valence-corrected chi connectivity index (χ4v) is 6.17. The van der Waals surface area contributed by atoms with Crippen molar-refractivity contribution in [3.8, 4) is 45.6 Å². The van der Waals surface area contributed by atoms with Gasteiger partial charge in [0.25, 0.3) is 0 Å². The summed E-state index contributed by atoms with van der Waals surface area (Å²) in [6.45, 7) is 1.12. The molecule has 0 saturated heterocycles. The molecule has 45 heavy (non-hydrogen) atoms. The molecule has 0 spiro atoms. The lowest BCUT2D eigenvalue weighted by molar-refractivity contribution is -0.135. The summed E-state index contributed by atoms with van der Waals surface area (Å²) in [5, 5.41) is 11.0. The fraction of sp³-hybridized carbons (Fsp3) is 0.222. The molecule has 9 heteroatoms. The van der Waals surface area contributed by atoms with Gasteiger partial charge < -0.3 is 33.2 Å². The molecule has 9 nitrogen and oxygen atoms in total. The Morgan fingerprint density at radius 1 is 0.911 bits per heavy atom. The maximum absolute atomic E-state index is 13.9. The zero-order valence-electron chi connectivity index (χ0n) is 24.8. The van der Waals surface area contributed by atoms with E-state index in [0.29, 0.717) is 48.0 Å². The summed E-state index contributed by atoms with van der Waals surface area (Å²) in [6, 6.07) is 20.1. The van der Waals surface area contributed by atoms with Gasteiger partial charge in [0, 0.05) is 36.0 Å². The van der Waals surface area contributed by atoms with Crippen LogP contribution in [0, 0.1) is 0 Å². The van der Waals surface area contributed by atoms with Gasteiger partial charge in [0.05, 0.1) is 39.4 Å². The van der Waals surface area contributed by atoms with Crippen LogP contribution in [0.25, 0.3) is 22.1 Å². The number of hydrogen-bond donors (Lipinski definition) is 1. The highest BCUT2D eigenvalue weighted by molar-refractivity contribution is 5.94. The minimum atomic E-state index is -0.548. The van der Waals surface area contributed by atoms with Crippen molar-refractivity contribution >= 4 is 16.9 Å². The quantitative estimate of drug-likeness (QED) is 0.163. The largest absolute Gasteiger partial charge is 0.507 e. The number of phenolic OH excluding ortho intramolecular Hbond substituents is 1. The summed E-state index contributed by atoms with van der Waals surface area (Å²) in [7, 11) is 3.04. The highest BCUT2D eigenvalue weighted by Crippen LogP contribution is 2.47. The van der Waals surface area contributed by atoms with Gasteiger partial charge in [-0.05, 0) is 41.0 Å². The molecule has 7 rings (SSSR count). The van der Waals surface area contributed by atoms with E-state index in [2.05, 4.69) is 6.07 Å². The number of fused-ring (bicyclic) bond motifs is 4. The second kappa shape index (κ2) is 11.6. The third kappa shape index (κ3) is 5.10. The van der Waals surface area contributed by atoms with E-state index >= 15 is 0 Å². The molecule has 2 aliphatic heterocycles. The van der Waals surface area contributed by atoms with E-state index in [1.54, 1.807) is 18.2 Å². The summed E-state index contributed by atoms with van der Waals surface area (Å²) in [4.78, 5) is 26.7. The van der Waals surface area contributed by atoms with Gasteiger partial charge in [-0.2, -0.15) is 0 Å². The minimum absolute atomic E-state index is 0.000782. The first-order chi connectivity index (χ1) is 21.9. The number of para-hydroxylation sites is 1. The summed E-state index contributed by atoms with van der Waals surface area (Å²) in [6.07, 6.45) is 2.94. The molecule has 228 valence electrons. The summed E-state index contributed by atoms with van der Waals surface area (Å²) in [5.41, 5.74) is 4.05. The highest BCUT2D eigenvalue weighted by atomic mass is 16.5. The van der Waals surface area contributed by atoms with Crippen molar-refractivity contribution in [3.63, 3.8) is 0 Å². The van der Waals surface area contributed by atoms with E-state index in [1.165, 1.54) is 32.1 Å². The number of carbonyl (C=O) groups excluding carboxylic acids is 1. The Labute approximate surface area is 258 Å². The second-order valence-corrected chi connectivity index (χ2v) is 11.0. The first-order valence-corrected chi connectivity index (χ1v) is 14.7. The van der Waals surface area contributed by atoms with E-state index in [9.17, 15) is 14.7 Å². The number of benzene rings is 4. The number of carbonyl (C=O) groups is 1. The molecule has 1 aromatic heterocycles. The standard InChI is InChI=1S/C36H30O9/c1-40-29-10-8-21(16-30(29)41-2)25-19-44-36-33-24(17-32(38)45-31(33)18-26(37)34(36)35(25)39)23-5-3-4-6-28(23)43-13-11-20-7-9-27-22(15-20)12-14-42-27/h3-10,15-16,18-19,24,37H,11-14,17H2,1-2H3/t24-/m0/s1. The lowest BCUT2D eigenvalue weighted by Crippen LogP contribution is -2.22. The van der Waals surface area contributed by atoms with Gasteiger partial charge in [-0.1, -0.05) is 36.4 Å². The molecule has 0 fully saturated rings. The van der Waals surface area contributed by atoms with Crippen molar-refractivity contribution in [3.05, 3.63) is 105 Å². The fourth-order valence-electron chi connectivity index (χ4n) is 6.17. The smallest absolute Gasteiger partial charge is 0.312 e. The molecular formula is C36H30O9. The Kier molecular flexibility index (Phi) is 7.29. The van der Waals surface area contributed by atoms with E-state index in [1.807, 2.05) is 36.4 Å². The van der Waals surface area contributed by atoms with E-state index in [0.717, 1.165) is 23.3 Å². The zero-order chi connectivity index (χ0) is 31.1. The van der Waals surface area contributed by atoms with Crippen LogP contribution in [-0.2, 0) is 17.6 Å². The van der Waals surface area contributed by atoms with Crippen molar-refractivity contribution < 1.29 is 38.0 Å². The first-order valence-electron chi connectivity index (χ1n) is 14.7. The van der Waals surface area contributed by atoms with Crippen LogP contribution in [-0.4, -0.2) is 38.5 Å². The Morgan fingerprint density at radius 2 is 1.76 bits per heavy atom. The molecule has 5 aromatic rings. The number of methoxy groups -OCH3 is 2. The minimum Gasteiger partial charge on any atom is -0.507 e. The Morgan fingerprint density at radius 3 is 2.60 bits per heavy atom. The molecule has 2 aliphatic rings. The Hall–Kier alpha value is -5.44. The molecule has 0 aliphatic carbocycles. The number of hydrogen-bond acceptors (Lipinski definition) is 9.